The van der Waals surface area contributed by atoms with Crippen molar-refractivity contribution in [3.63, 3.8) is 0 Å². The number of carbonyl (C=O) groups excluding carboxylic acids is 1. The molecule has 1 amide bonds. The lowest BCUT2D eigenvalue weighted by Gasteiger charge is -2.18. The summed E-state index contributed by atoms with van der Waals surface area (Å²) in [5.41, 5.74) is 1.96. The maximum Gasteiger partial charge on any atom is 0.339 e. The van der Waals surface area contributed by atoms with Crippen LogP contribution in [-0.2, 0) is 5.41 Å². The molecule has 1 aromatic heterocycles. The van der Waals surface area contributed by atoms with Gasteiger partial charge in [-0.1, -0.05) is 25.9 Å². The smallest absolute Gasteiger partial charge is 0.339 e. The number of hydrogen-bond acceptors (Lipinski definition) is 6. The van der Waals surface area contributed by atoms with E-state index in [2.05, 4.69) is 15.8 Å². The molecule has 0 saturated carbocycles. The van der Waals surface area contributed by atoms with Gasteiger partial charge in [0.1, 0.15) is 5.00 Å². The minimum Gasteiger partial charge on any atom is -0.478 e. The summed E-state index contributed by atoms with van der Waals surface area (Å²) >= 11 is 1.24. The monoisotopic (exact) mass is 377 g/mol. The average Bonchev–Trinajstić information content (AvgIpc) is 2.99. The van der Waals surface area contributed by atoms with Gasteiger partial charge in [0.15, 0.2) is 0 Å². The highest BCUT2D eigenvalue weighted by Gasteiger charge is 2.27. The third-order valence-electron chi connectivity index (χ3n) is 3.48. The predicted octanol–water partition coefficient (Wildman–Crippen LogP) is 4.42. The van der Waals surface area contributed by atoms with Crippen LogP contribution in [-0.4, -0.2) is 31.1 Å². The van der Waals surface area contributed by atoms with Crippen LogP contribution in [0.15, 0.2) is 34.8 Å². The molecule has 0 atom stereocenters. The van der Waals surface area contributed by atoms with Crippen molar-refractivity contribution in [2.75, 3.05) is 24.7 Å². The summed E-state index contributed by atoms with van der Waals surface area (Å²) in [5.74, 6) is -1.35. The van der Waals surface area contributed by atoms with Crippen molar-refractivity contribution in [3.8, 4) is 0 Å². The second-order valence-corrected chi connectivity index (χ2v) is 7.25. The van der Waals surface area contributed by atoms with Crippen LogP contribution < -0.4 is 10.6 Å². The first-order chi connectivity index (χ1) is 12.1. The van der Waals surface area contributed by atoms with E-state index in [-0.39, 0.29) is 16.9 Å². The van der Waals surface area contributed by atoms with Crippen LogP contribution in [0, 0.1) is 4.91 Å². The van der Waals surface area contributed by atoms with E-state index in [0.29, 0.717) is 10.6 Å². The van der Waals surface area contributed by atoms with E-state index in [0.717, 1.165) is 11.3 Å². The molecule has 0 aliphatic heterocycles. The number of nitrogens with one attached hydrogen (secondary N) is 2. The Balaban J connectivity index is 0.00000105. The van der Waals surface area contributed by atoms with E-state index in [9.17, 15) is 14.7 Å². The molecule has 0 unspecified atom stereocenters. The van der Waals surface area contributed by atoms with Gasteiger partial charge < -0.3 is 15.7 Å². The number of carboxylic acid groups (broad SMARTS) is 1. The van der Waals surface area contributed by atoms with Gasteiger partial charge in [0.25, 0.3) is 5.91 Å². The highest BCUT2D eigenvalue weighted by Crippen LogP contribution is 2.36. The average molecular weight is 377 g/mol. The molecule has 0 aliphatic rings. The maximum atomic E-state index is 12.3. The van der Waals surface area contributed by atoms with Crippen molar-refractivity contribution in [1.29, 1.82) is 0 Å². The van der Waals surface area contributed by atoms with E-state index in [4.69, 9.17) is 4.91 Å². The molecule has 0 bridgehead atoms. The first-order valence-electron chi connectivity index (χ1n) is 7.81. The van der Waals surface area contributed by atoms with Gasteiger partial charge in [-0.25, -0.2) is 4.79 Å². The molecular weight excluding hydrogens is 354 g/mol. The van der Waals surface area contributed by atoms with Crippen LogP contribution in [0.5, 0.6) is 0 Å². The third kappa shape index (κ3) is 5.38. The van der Waals surface area contributed by atoms with Crippen molar-refractivity contribution in [2.24, 2.45) is 5.18 Å². The largest absolute Gasteiger partial charge is 0.478 e. The molecule has 3 N–H and O–H groups in total. The SMILES string of the molecule is CN=O.CNc1ccc(C(=O)Nc2scc(C(C)(C)C)c2C(=O)O)cc1. The number of nitrogens with zero attached hydrogens (tertiary/aromatic N) is 1. The zero-order chi connectivity index (χ0) is 19.9. The summed E-state index contributed by atoms with van der Waals surface area (Å²) < 4.78 is 0. The Labute approximate surface area is 156 Å². The predicted molar refractivity (Wildman–Crippen MR) is 106 cm³/mol. The molecule has 1 heterocycles. The summed E-state index contributed by atoms with van der Waals surface area (Å²) in [6, 6.07) is 6.98. The summed E-state index contributed by atoms with van der Waals surface area (Å²) in [6.07, 6.45) is 0. The molecule has 26 heavy (non-hydrogen) atoms. The Kier molecular flexibility index (Phi) is 7.45. The number of rotatable bonds is 4. The third-order valence-corrected chi connectivity index (χ3v) is 4.37. The normalized spacial score (nSPS) is 10.3. The number of carbonyl (C=O) groups is 2. The maximum absolute atomic E-state index is 12.3. The number of benzene rings is 1. The molecule has 0 fully saturated rings. The molecule has 0 saturated heterocycles. The van der Waals surface area contributed by atoms with E-state index >= 15 is 0 Å². The molecule has 8 heteroatoms. The summed E-state index contributed by atoms with van der Waals surface area (Å²) in [4.78, 5) is 32.5. The van der Waals surface area contributed by atoms with Crippen LogP contribution in [0.1, 0.15) is 47.1 Å². The molecule has 0 spiro atoms. The highest BCUT2D eigenvalue weighted by molar-refractivity contribution is 7.15. The van der Waals surface area contributed by atoms with Crippen molar-refractivity contribution in [2.45, 2.75) is 26.2 Å². The van der Waals surface area contributed by atoms with Gasteiger partial charge in [0.05, 0.1) is 12.6 Å². The molecule has 2 rings (SSSR count). The topological polar surface area (TPSA) is 108 Å². The van der Waals surface area contributed by atoms with Crippen LogP contribution in [0.25, 0.3) is 0 Å². The number of hydrogen-bond donors (Lipinski definition) is 3. The van der Waals surface area contributed by atoms with Gasteiger partial charge in [0.2, 0.25) is 0 Å². The van der Waals surface area contributed by atoms with E-state index in [1.54, 1.807) is 36.7 Å². The molecule has 1 aromatic carbocycles. The number of thiophene rings is 1. The van der Waals surface area contributed by atoms with Crippen LogP contribution >= 0.6 is 11.3 Å². The van der Waals surface area contributed by atoms with Gasteiger partial charge in [-0.3, -0.25) is 4.79 Å². The minimum absolute atomic E-state index is 0.169. The standard InChI is InChI=1S/C17H20N2O3S.CH3NO/c1-17(2,3)12-9-23-15(13(12)16(21)22)19-14(20)10-5-7-11(18-4)8-6-10;1-2-3/h5-9,18H,1-4H3,(H,19,20)(H,21,22);1H3. The van der Waals surface area contributed by atoms with Crippen molar-refractivity contribution in [1.82, 2.24) is 0 Å². The lowest BCUT2D eigenvalue weighted by atomic mass is 9.86. The molecule has 140 valence electrons. The number of carboxylic acids is 1. The summed E-state index contributed by atoms with van der Waals surface area (Å²) in [6.45, 7) is 5.84. The molecule has 7 nitrogen and oxygen atoms in total. The van der Waals surface area contributed by atoms with Crippen LogP contribution in [0.3, 0.4) is 0 Å². The van der Waals surface area contributed by atoms with Crippen molar-refractivity contribution >= 4 is 33.9 Å². The second kappa shape index (κ2) is 9.10. The number of nitroso groups, excluding NO2 is 1. The minimum atomic E-state index is -1.03. The summed E-state index contributed by atoms with van der Waals surface area (Å²) in [5, 5.41) is 19.6. The first kappa shape index (κ1) is 21.3. The first-order valence-corrected chi connectivity index (χ1v) is 8.69. The number of amides is 1. The number of aromatic carboxylic acids is 1. The molecule has 2 aromatic rings. The Morgan fingerprint density at radius 3 is 2.12 bits per heavy atom. The highest BCUT2D eigenvalue weighted by atomic mass is 32.1. The zero-order valence-corrected chi connectivity index (χ0v) is 16.2. The van der Waals surface area contributed by atoms with Crippen molar-refractivity contribution < 1.29 is 14.7 Å². The Morgan fingerprint density at radius 1 is 1.15 bits per heavy atom. The van der Waals surface area contributed by atoms with Crippen molar-refractivity contribution in [3.05, 3.63) is 51.2 Å². The van der Waals surface area contributed by atoms with Gasteiger partial charge in [-0.05, 0) is 40.6 Å². The Morgan fingerprint density at radius 2 is 1.69 bits per heavy atom. The Bertz CT molecular complexity index is 777. The molecule has 0 radical (unpaired) electrons. The van der Waals surface area contributed by atoms with Crippen LogP contribution in [0.4, 0.5) is 10.7 Å². The van der Waals surface area contributed by atoms with Gasteiger partial charge >= 0.3 is 5.97 Å². The fourth-order valence-electron chi connectivity index (χ4n) is 2.18. The summed E-state index contributed by atoms with van der Waals surface area (Å²) in [7, 11) is 2.99. The van der Waals surface area contributed by atoms with Crippen LogP contribution in [0.2, 0.25) is 0 Å². The lowest BCUT2D eigenvalue weighted by Crippen LogP contribution is -2.18. The fraction of sp³-hybridized carbons (Fsp3) is 0.333. The van der Waals surface area contributed by atoms with E-state index < -0.39 is 5.97 Å². The van der Waals surface area contributed by atoms with Gasteiger partial charge in [-0.2, -0.15) is 4.91 Å². The van der Waals surface area contributed by atoms with Gasteiger partial charge in [-0.15, -0.1) is 11.3 Å². The fourth-order valence-corrected chi connectivity index (χ4v) is 3.35. The zero-order valence-electron chi connectivity index (χ0n) is 15.4. The van der Waals surface area contributed by atoms with E-state index in [1.807, 2.05) is 20.8 Å². The molecular formula is C18H23N3O4S. The number of anilines is 2. The Hall–Kier alpha value is -2.74. The second-order valence-electron chi connectivity index (χ2n) is 6.37. The van der Waals surface area contributed by atoms with Gasteiger partial charge in [0, 0.05) is 18.3 Å². The quantitative estimate of drug-likeness (QED) is 0.684. The lowest BCUT2D eigenvalue weighted by molar-refractivity contribution is 0.0696. The molecule has 0 aliphatic carbocycles. The van der Waals surface area contributed by atoms with E-state index in [1.165, 1.54) is 18.4 Å².